The number of likely N-dealkylation sites (N-methyl/N-ethyl adjacent to an activating group) is 1. The number of nitriles is 1. The molecule has 0 aromatic rings. The van der Waals surface area contributed by atoms with Crippen molar-refractivity contribution in [2.24, 2.45) is 0 Å². The van der Waals surface area contributed by atoms with Crippen LogP contribution in [0, 0.1) is 11.5 Å². The summed E-state index contributed by atoms with van der Waals surface area (Å²) < 4.78 is 0. The van der Waals surface area contributed by atoms with Crippen LogP contribution in [0.4, 0.5) is 4.79 Å². The second-order valence-corrected chi connectivity index (χ2v) is 2.73. The molecule has 6 nitrogen and oxygen atoms in total. The molecule has 1 rings (SSSR count). The van der Waals surface area contributed by atoms with Crippen LogP contribution in [0.5, 0.6) is 0 Å². The average Bonchev–Trinajstić information content (AvgIpc) is 2.43. The number of nitrogens with zero attached hydrogens (tertiary/aromatic N) is 3. The van der Waals surface area contributed by atoms with Crippen molar-refractivity contribution in [3.05, 3.63) is 0 Å². The van der Waals surface area contributed by atoms with Gasteiger partial charge in [0.1, 0.15) is 0 Å². The summed E-state index contributed by atoms with van der Waals surface area (Å²) in [5.41, 5.74) is 0. The van der Waals surface area contributed by atoms with E-state index in [1.165, 1.54) is 4.90 Å². The Balaban J connectivity index is 2.41. The first-order chi connectivity index (χ1) is 6.15. The lowest BCUT2D eigenvalue weighted by Crippen LogP contribution is -2.36. The number of carbonyl (C=O) groups is 2. The predicted octanol–water partition coefficient (Wildman–Crippen LogP) is -1.05. The third-order valence-corrected chi connectivity index (χ3v) is 1.77. The molecule has 0 aromatic heterocycles. The van der Waals surface area contributed by atoms with Crippen molar-refractivity contribution in [3.8, 4) is 6.19 Å². The van der Waals surface area contributed by atoms with Crippen molar-refractivity contribution in [3.63, 3.8) is 0 Å². The molecule has 0 aliphatic carbocycles. The molecule has 0 bridgehead atoms. The van der Waals surface area contributed by atoms with Crippen LogP contribution in [0.2, 0.25) is 0 Å². The van der Waals surface area contributed by atoms with Gasteiger partial charge in [0.2, 0.25) is 5.91 Å². The molecule has 3 amide bonds. The topological polar surface area (TPSA) is 76.4 Å². The summed E-state index contributed by atoms with van der Waals surface area (Å²) in [7, 11) is 1.60. The summed E-state index contributed by atoms with van der Waals surface area (Å²) in [4.78, 5) is 24.5. The molecular formula is C7H10N4O2. The van der Waals surface area contributed by atoms with E-state index in [1.54, 1.807) is 7.05 Å². The van der Waals surface area contributed by atoms with Gasteiger partial charge in [-0.3, -0.25) is 9.69 Å². The quantitative estimate of drug-likeness (QED) is 0.343. The van der Waals surface area contributed by atoms with Gasteiger partial charge in [0, 0.05) is 20.1 Å². The van der Waals surface area contributed by atoms with Crippen LogP contribution < -0.4 is 5.32 Å². The summed E-state index contributed by atoms with van der Waals surface area (Å²) in [5, 5.41) is 10.8. The smallest absolute Gasteiger partial charge is 0.324 e. The SMILES string of the molecule is CN(C#N)CCN1C(=O)CNC1=O. The molecule has 1 fully saturated rings. The Morgan fingerprint density at radius 2 is 2.38 bits per heavy atom. The molecular weight excluding hydrogens is 172 g/mol. The first kappa shape index (κ1) is 9.32. The first-order valence-corrected chi connectivity index (χ1v) is 3.84. The highest BCUT2D eigenvalue weighted by molar-refractivity contribution is 6.01. The minimum atomic E-state index is -0.378. The molecule has 0 saturated carbocycles. The number of hydrogen-bond donors (Lipinski definition) is 1. The van der Waals surface area contributed by atoms with Gasteiger partial charge in [-0.15, -0.1) is 0 Å². The van der Waals surface area contributed by atoms with E-state index in [0.717, 1.165) is 4.90 Å². The van der Waals surface area contributed by atoms with Gasteiger partial charge < -0.3 is 10.2 Å². The lowest BCUT2D eigenvalue weighted by Gasteiger charge is -2.14. The van der Waals surface area contributed by atoms with Gasteiger partial charge >= 0.3 is 6.03 Å². The predicted molar refractivity (Wildman–Crippen MR) is 43.4 cm³/mol. The molecule has 0 radical (unpaired) electrons. The Bertz CT molecular complexity index is 254. The summed E-state index contributed by atoms with van der Waals surface area (Å²) >= 11 is 0. The average molecular weight is 182 g/mol. The Hall–Kier alpha value is -1.77. The number of nitrogens with one attached hydrogen (secondary N) is 1. The molecule has 6 heteroatoms. The number of urea groups is 1. The lowest BCUT2D eigenvalue weighted by molar-refractivity contribution is -0.125. The maximum Gasteiger partial charge on any atom is 0.324 e. The van der Waals surface area contributed by atoms with Crippen molar-refractivity contribution in [2.45, 2.75) is 0 Å². The van der Waals surface area contributed by atoms with Crippen molar-refractivity contribution < 1.29 is 9.59 Å². The van der Waals surface area contributed by atoms with E-state index in [-0.39, 0.29) is 25.0 Å². The number of imide groups is 1. The second kappa shape index (κ2) is 3.76. The van der Waals surface area contributed by atoms with E-state index >= 15 is 0 Å². The Morgan fingerprint density at radius 1 is 1.69 bits per heavy atom. The molecule has 13 heavy (non-hydrogen) atoms. The highest BCUT2D eigenvalue weighted by atomic mass is 16.2. The van der Waals surface area contributed by atoms with Crippen LogP contribution in [0.15, 0.2) is 0 Å². The molecule has 1 aliphatic heterocycles. The molecule has 0 atom stereocenters. The minimum absolute atomic E-state index is 0.0646. The normalized spacial score (nSPS) is 15.5. The zero-order valence-corrected chi connectivity index (χ0v) is 7.28. The van der Waals surface area contributed by atoms with E-state index in [9.17, 15) is 9.59 Å². The first-order valence-electron chi connectivity index (χ1n) is 3.84. The van der Waals surface area contributed by atoms with Crippen LogP contribution >= 0.6 is 0 Å². The van der Waals surface area contributed by atoms with E-state index < -0.39 is 0 Å². The third kappa shape index (κ3) is 2.08. The Morgan fingerprint density at radius 3 is 2.85 bits per heavy atom. The van der Waals surface area contributed by atoms with E-state index in [0.29, 0.717) is 6.54 Å². The van der Waals surface area contributed by atoms with Crippen LogP contribution in [0.3, 0.4) is 0 Å². The van der Waals surface area contributed by atoms with Gasteiger partial charge in [0.05, 0.1) is 6.54 Å². The molecule has 70 valence electrons. The Labute approximate surface area is 75.7 Å². The van der Waals surface area contributed by atoms with Crippen LogP contribution in [-0.4, -0.2) is 48.4 Å². The fourth-order valence-electron chi connectivity index (χ4n) is 0.982. The zero-order chi connectivity index (χ0) is 9.84. The maximum atomic E-state index is 11.0. The molecule has 1 N–H and O–H groups in total. The molecule has 0 aromatic carbocycles. The largest absolute Gasteiger partial charge is 0.329 e. The highest BCUT2D eigenvalue weighted by Gasteiger charge is 2.27. The second-order valence-electron chi connectivity index (χ2n) is 2.73. The van der Waals surface area contributed by atoms with E-state index in [4.69, 9.17) is 5.26 Å². The monoisotopic (exact) mass is 182 g/mol. The van der Waals surface area contributed by atoms with Gasteiger partial charge in [0.15, 0.2) is 6.19 Å². The lowest BCUT2D eigenvalue weighted by atomic mass is 10.5. The van der Waals surface area contributed by atoms with Gasteiger partial charge in [-0.2, -0.15) is 5.26 Å². The van der Waals surface area contributed by atoms with E-state index in [1.807, 2.05) is 6.19 Å². The third-order valence-electron chi connectivity index (χ3n) is 1.77. The van der Waals surface area contributed by atoms with Gasteiger partial charge in [-0.1, -0.05) is 0 Å². The van der Waals surface area contributed by atoms with Crippen LogP contribution in [0.1, 0.15) is 0 Å². The van der Waals surface area contributed by atoms with Crippen molar-refractivity contribution >= 4 is 11.9 Å². The summed E-state index contributed by atoms with van der Waals surface area (Å²) in [6, 6.07) is -0.378. The number of hydrogen-bond acceptors (Lipinski definition) is 4. The molecule has 1 aliphatic rings. The van der Waals surface area contributed by atoms with Gasteiger partial charge in [-0.05, 0) is 0 Å². The minimum Gasteiger partial charge on any atom is -0.329 e. The molecule has 0 spiro atoms. The number of rotatable bonds is 3. The fraction of sp³-hybridized carbons (Fsp3) is 0.571. The summed E-state index contributed by atoms with van der Waals surface area (Å²) in [5.74, 6) is -0.240. The molecule has 1 heterocycles. The van der Waals surface area contributed by atoms with Crippen molar-refractivity contribution in [1.29, 1.82) is 5.26 Å². The summed E-state index contributed by atoms with van der Waals surface area (Å²) in [6.45, 7) is 0.694. The molecule has 1 saturated heterocycles. The standard InChI is InChI=1S/C7H10N4O2/c1-10(5-8)2-3-11-6(12)4-9-7(11)13/h2-4H2,1H3,(H,9,13). The Kier molecular flexibility index (Phi) is 2.69. The molecule has 0 unspecified atom stereocenters. The van der Waals surface area contributed by atoms with Gasteiger partial charge in [0.25, 0.3) is 0 Å². The van der Waals surface area contributed by atoms with Crippen molar-refractivity contribution in [2.75, 3.05) is 26.7 Å². The highest BCUT2D eigenvalue weighted by Crippen LogP contribution is 1.98. The maximum absolute atomic E-state index is 11.0. The van der Waals surface area contributed by atoms with Gasteiger partial charge in [-0.25, -0.2) is 4.79 Å². The summed E-state index contributed by atoms with van der Waals surface area (Å²) in [6.07, 6.45) is 1.88. The van der Waals surface area contributed by atoms with Crippen LogP contribution in [0.25, 0.3) is 0 Å². The van der Waals surface area contributed by atoms with Crippen LogP contribution in [-0.2, 0) is 4.79 Å². The fourth-order valence-corrected chi connectivity index (χ4v) is 0.982. The number of amides is 3. The van der Waals surface area contributed by atoms with E-state index in [2.05, 4.69) is 5.32 Å². The zero-order valence-electron chi connectivity index (χ0n) is 7.28. The number of carbonyl (C=O) groups excluding carboxylic acids is 2. The van der Waals surface area contributed by atoms with Crippen molar-refractivity contribution in [1.82, 2.24) is 15.1 Å².